The third-order valence-electron chi connectivity index (χ3n) is 7.43. The number of alkyl carbamates (subject to hydrolysis) is 1. The molecule has 7 heteroatoms. The number of cyclic esters (lactones) is 1. The van der Waals surface area contributed by atoms with E-state index in [0.717, 1.165) is 25.7 Å². The fourth-order valence-electron chi connectivity index (χ4n) is 5.85. The van der Waals surface area contributed by atoms with Crippen LogP contribution in [0, 0.1) is 11.8 Å². The lowest BCUT2D eigenvalue weighted by Crippen LogP contribution is -2.54. The van der Waals surface area contributed by atoms with Gasteiger partial charge in [0.2, 0.25) is 8.32 Å². The molecule has 0 radical (unpaired) electrons. The van der Waals surface area contributed by atoms with Crippen LogP contribution in [-0.2, 0) is 18.7 Å². The van der Waals surface area contributed by atoms with E-state index in [4.69, 9.17) is 13.9 Å². The summed E-state index contributed by atoms with van der Waals surface area (Å²) in [5.41, 5.74) is 0.722. The second-order valence-electron chi connectivity index (χ2n) is 12.9. The highest BCUT2D eigenvalue weighted by Crippen LogP contribution is 2.45. The van der Waals surface area contributed by atoms with Crippen LogP contribution in [-0.4, -0.2) is 44.2 Å². The lowest BCUT2D eigenvalue weighted by Gasteiger charge is -2.47. The number of hydrogen-bond donors (Lipinski definition) is 1. The van der Waals surface area contributed by atoms with Crippen LogP contribution >= 0.6 is 0 Å². The van der Waals surface area contributed by atoms with Gasteiger partial charge in [-0.2, -0.15) is 0 Å². The highest BCUT2D eigenvalue weighted by molar-refractivity contribution is 6.77. The molecule has 206 valence electrons. The third kappa shape index (κ3) is 9.38. The summed E-state index contributed by atoms with van der Waals surface area (Å²) in [6.45, 7) is 25.7. The second-order valence-corrected chi connectivity index (χ2v) is 18.3. The number of carbonyl (C=O) groups excluding carboxylic acids is 2. The van der Waals surface area contributed by atoms with E-state index in [1.165, 1.54) is 0 Å². The highest BCUT2D eigenvalue weighted by Gasteiger charge is 2.49. The minimum Gasteiger partial charge on any atom is -0.458 e. The van der Waals surface area contributed by atoms with Gasteiger partial charge in [-0.3, -0.25) is 0 Å². The number of ether oxygens (including phenoxy) is 2. The summed E-state index contributed by atoms with van der Waals surface area (Å²) in [5.74, 6) is 0.515. The summed E-state index contributed by atoms with van der Waals surface area (Å²) in [7, 11) is -2.18. The van der Waals surface area contributed by atoms with Crippen LogP contribution < -0.4 is 5.32 Å². The van der Waals surface area contributed by atoms with Crippen molar-refractivity contribution >= 4 is 20.4 Å². The maximum atomic E-state index is 13.2. The first kappa shape index (κ1) is 31.9. The Balaban J connectivity index is 3.27. The first-order chi connectivity index (χ1) is 16.0. The molecular weight excluding hydrogens is 458 g/mol. The van der Waals surface area contributed by atoms with Crippen LogP contribution in [0.2, 0.25) is 16.6 Å². The first-order valence-corrected chi connectivity index (χ1v) is 16.0. The molecule has 6 nitrogen and oxygen atoms in total. The lowest BCUT2D eigenvalue weighted by molar-refractivity contribution is -0.157. The number of nitrogens with one attached hydrogen (secondary N) is 1. The Hall–Kier alpha value is -1.08. The van der Waals surface area contributed by atoms with Gasteiger partial charge in [-0.1, -0.05) is 68.2 Å². The molecule has 4 unspecified atom stereocenters. The SMILES string of the molecule is CC(C)CCC1CCCC(NC(=O)OC(C)(C)C)C(=O)OC(C)C1O[Si](C(C)C)(C(C)C)C(C)C. The van der Waals surface area contributed by atoms with Gasteiger partial charge in [0, 0.05) is 0 Å². The zero-order valence-corrected chi connectivity index (χ0v) is 25.7. The molecule has 1 rings (SSSR count). The molecule has 0 aromatic carbocycles. The van der Waals surface area contributed by atoms with Gasteiger partial charge < -0.3 is 19.2 Å². The predicted octanol–water partition coefficient (Wildman–Crippen LogP) is 7.61. The summed E-state index contributed by atoms with van der Waals surface area (Å²) in [6.07, 6.45) is 3.37. The molecule has 1 saturated heterocycles. The van der Waals surface area contributed by atoms with E-state index in [-0.39, 0.29) is 12.2 Å². The Kier molecular flexibility index (Phi) is 12.3. The molecule has 1 fully saturated rings. The molecule has 35 heavy (non-hydrogen) atoms. The normalized spacial score (nSPS) is 24.9. The molecule has 0 aromatic rings. The average molecular weight is 514 g/mol. The van der Waals surface area contributed by atoms with E-state index >= 15 is 0 Å². The molecule has 1 amide bonds. The Labute approximate surface area is 216 Å². The van der Waals surface area contributed by atoms with Crippen LogP contribution in [0.25, 0.3) is 0 Å². The van der Waals surface area contributed by atoms with E-state index in [1.807, 2.05) is 27.7 Å². The van der Waals surface area contributed by atoms with Gasteiger partial charge >= 0.3 is 12.1 Å². The zero-order chi connectivity index (χ0) is 27.1. The molecule has 1 heterocycles. The summed E-state index contributed by atoms with van der Waals surface area (Å²) < 4.78 is 18.7. The number of hydrogen-bond acceptors (Lipinski definition) is 5. The molecule has 4 atom stereocenters. The lowest BCUT2D eigenvalue weighted by atomic mass is 9.86. The summed E-state index contributed by atoms with van der Waals surface area (Å²) in [4.78, 5) is 25.6. The topological polar surface area (TPSA) is 73.9 Å². The minimum absolute atomic E-state index is 0.142. The Morgan fingerprint density at radius 1 is 1.03 bits per heavy atom. The van der Waals surface area contributed by atoms with Crippen LogP contribution in [0.15, 0.2) is 0 Å². The molecule has 0 spiro atoms. The maximum Gasteiger partial charge on any atom is 0.408 e. The van der Waals surface area contributed by atoms with Gasteiger partial charge in [0.25, 0.3) is 0 Å². The van der Waals surface area contributed by atoms with Crippen molar-refractivity contribution in [1.29, 1.82) is 0 Å². The van der Waals surface area contributed by atoms with Crippen LogP contribution in [0.1, 0.15) is 115 Å². The van der Waals surface area contributed by atoms with Crippen molar-refractivity contribution < 1.29 is 23.5 Å². The van der Waals surface area contributed by atoms with Crippen LogP contribution in [0.3, 0.4) is 0 Å². The maximum absolute atomic E-state index is 13.2. The van der Waals surface area contributed by atoms with Gasteiger partial charge in [0.15, 0.2) is 0 Å². The van der Waals surface area contributed by atoms with Crippen molar-refractivity contribution in [2.45, 2.75) is 156 Å². The predicted molar refractivity (Wildman–Crippen MR) is 146 cm³/mol. The summed E-state index contributed by atoms with van der Waals surface area (Å²) in [6, 6.07) is -0.709. The second kappa shape index (κ2) is 13.5. The number of amides is 1. The van der Waals surface area contributed by atoms with Crippen LogP contribution in [0.4, 0.5) is 4.79 Å². The van der Waals surface area contributed by atoms with Crippen molar-refractivity contribution in [3.8, 4) is 0 Å². The molecule has 1 N–H and O–H groups in total. The zero-order valence-electron chi connectivity index (χ0n) is 24.7. The van der Waals surface area contributed by atoms with Crippen molar-refractivity contribution in [3.63, 3.8) is 0 Å². The fourth-order valence-corrected chi connectivity index (χ4v) is 11.5. The molecule has 1 aliphatic heterocycles. The summed E-state index contributed by atoms with van der Waals surface area (Å²) in [5, 5.41) is 2.76. The molecule has 0 aliphatic carbocycles. The van der Waals surface area contributed by atoms with Crippen molar-refractivity contribution in [2.75, 3.05) is 0 Å². The van der Waals surface area contributed by atoms with Gasteiger partial charge in [0.05, 0.1) is 6.10 Å². The van der Waals surface area contributed by atoms with E-state index in [9.17, 15) is 9.59 Å². The standard InChI is InChI=1S/C28H55NO5Si/c1-18(2)16-17-23-14-13-15-24(29-27(31)33-28(10,11)12)26(30)32-22(9)25(23)34-35(19(3)4,20(5)6)21(7)8/h18-25H,13-17H2,1-12H3,(H,29,31). The number of esters is 1. The first-order valence-electron chi connectivity index (χ1n) is 13.9. The van der Waals surface area contributed by atoms with E-state index in [1.54, 1.807) is 0 Å². The Morgan fingerprint density at radius 3 is 2.03 bits per heavy atom. The molecule has 0 aromatic heterocycles. The molecule has 0 saturated carbocycles. The molecule has 1 aliphatic rings. The fraction of sp³-hybridized carbons (Fsp3) is 0.929. The number of carbonyl (C=O) groups is 2. The van der Waals surface area contributed by atoms with E-state index in [0.29, 0.717) is 34.9 Å². The minimum atomic E-state index is -2.18. The average Bonchev–Trinajstić information content (AvgIpc) is 2.72. The highest BCUT2D eigenvalue weighted by atomic mass is 28.4. The Morgan fingerprint density at radius 2 is 1.57 bits per heavy atom. The van der Waals surface area contributed by atoms with Gasteiger partial charge in [0.1, 0.15) is 17.7 Å². The largest absolute Gasteiger partial charge is 0.458 e. The number of rotatable bonds is 9. The monoisotopic (exact) mass is 513 g/mol. The van der Waals surface area contributed by atoms with Gasteiger partial charge in [-0.15, -0.1) is 0 Å². The van der Waals surface area contributed by atoms with Gasteiger partial charge in [-0.25, -0.2) is 9.59 Å². The molecular formula is C28H55NO5Si. The van der Waals surface area contributed by atoms with Gasteiger partial charge in [-0.05, 0) is 75.4 Å². The Bertz CT molecular complexity index is 649. The summed E-state index contributed by atoms with van der Waals surface area (Å²) >= 11 is 0. The quantitative estimate of drug-likeness (QED) is 0.254. The van der Waals surface area contributed by atoms with E-state index in [2.05, 4.69) is 60.7 Å². The van der Waals surface area contributed by atoms with Crippen molar-refractivity contribution in [2.24, 2.45) is 11.8 Å². The third-order valence-corrected chi connectivity index (χ3v) is 13.5. The van der Waals surface area contributed by atoms with Crippen molar-refractivity contribution in [3.05, 3.63) is 0 Å². The van der Waals surface area contributed by atoms with E-state index < -0.39 is 32.0 Å². The van der Waals surface area contributed by atoms with Crippen LogP contribution in [0.5, 0.6) is 0 Å². The molecule has 0 bridgehead atoms. The van der Waals surface area contributed by atoms with Crippen molar-refractivity contribution in [1.82, 2.24) is 5.32 Å². The smallest absolute Gasteiger partial charge is 0.408 e.